The van der Waals surface area contributed by atoms with Crippen LogP contribution < -0.4 is 0 Å². The highest BCUT2D eigenvalue weighted by atomic mass is 16.2. The molecule has 1 unspecified atom stereocenters. The zero-order valence-electron chi connectivity index (χ0n) is 8.86. The first-order valence-electron chi connectivity index (χ1n) is 4.99. The number of carbonyl (C=O) groups excluding carboxylic acids is 1. The van der Waals surface area contributed by atoms with Crippen LogP contribution in [-0.4, -0.2) is 48.9 Å². The van der Waals surface area contributed by atoms with Gasteiger partial charge < -0.3 is 9.80 Å². The quantitative estimate of drug-likeness (QED) is 0.637. The molecule has 1 saturated heterocycles. The highest BCUT2D eigenvalue weighted by molar-refractivity contribution is 5.76. The molecule has 1 fully saturated rings. The van der Waals surface area contributed by atoms with Gasteiger partial charge in [-0.3, -0.25) is 4.79 Å². The van der Waals surface area contributed by atoms with E-state index in [4.69, 9.17) is 5.26 Å². The molecule has 1 heterocycles. The summed E-state index contributed by atoms with van der Waals surface area (Å²) in [5.74, 6) is -0.0469. The van der Waals surface area contributed by atoms with Gasteiger partial charge in [0.05, 0.1) is 12.0 Å². The molecule has 1 rings (SSSR count). The minimum Gasteiger partial charge on any atom is -0.340 e. The van der Waals surface area contributed by atoms with E-state index < -0.39 is 0 Å². The van der Waals surface area contributed by atoms with Crippen LogP contribution in [-0.2, 0) is 4.79 Å². The molecule has 0 aromatic carbocycles. The molecule has 0 aromatic heterocycles. The third-order valence-corrected chi connectivity index (χ3v) is 2.56. The normalized spacial score (nSPS) is 20.2. The molecule has 0 spiro atoms. The van der Waals surface area contributed by atoms with Crippen LogP contribution in [0.25, 0.3) is 0 Å². The van der Waals surface area contributed by atoms with Crippen LogP contribution in [0.5, 0.6) is 0 Å². The van der Waals surface area contributed by atoms with E-state index in [1.807, 2.05) is 4.90 Å². The maximum absolute atomic E-state index is 11.6. The van der Waals surface area contributed by atoms with E-state index in [1.54, 1.807) is 6.92 Å². The van der Waals surface area contributed by atoms with E-state index in [9.17, 15) is 4.79 Å². The Labute approximate surface area is 85.1 Å². The summed E-state index contributed by atoms with van der Waals surface area (Å²) >= 11 is 0. The van der Waals surface area contributed by atoms with Gasteiger partial charge in [-0.05, 0) is 14.0 Å². The molecule has 14 heavy (non-hydrogen) atoms. The van der Waals surface area contributed by atoms with E-state index in [0.29, 0.717) is 6.42 Å². The van der Waals surface area contributed by atoms with Crippen molar-refractivity contribution < 1.29 is 4.79 Å². The van der Waals surface area contributed by atoms with Crippen molar-refractivity contribution in [1.29, 1.82) is 5.26 Å². The summed E-state index contributed by atoms with van der Waals surface area (Å²) in [7, 11) is 2.06. The Balaban J connectivity index is 2.35. The Bertz CT molecular complexity index is 238. The zero-order chi connectivity index (χ0) is 10.6. The Hall–Kier alpha value is -1.08. The van der Waals surface area contributed by atoms with E-state index in [0.717, 1.165) is 26.2 Å². The molecule has 1 amide bonds. The van der Waals surface area contributed by atoms with Crippen molar-refractivity contribution in [3.05, 3.63) is 0 Å². The molecular formula is C10H17N3O. The first-order chi connectivity index (χ1) is 6.63. The van der Waals surface area contributed by atoms with Crippen LogP contribution in [0.4, 0.5) is 0 Å². The van der Waals surface area contributed by atoms with E-state index in [2.05, 4.69) is 18.0 Å². The van der Waals surface area contributed by atoms with Crippen molar-refractivity contribution in [3.63, 3.8) is 0 Å². The van der Waals surface area contributed by atoms with E-state index >= 15 is 0 Å². The van der Waals surface area contributed by atoms with Crippen molar-refractivity contribution in [3.8, 4) is 6.07 Å². The van der Waals surface area contributed by atoms with Crippen molar-refractivity contribution >= 4 is 5.91 Å². The third kappa shape index (κ3) is 3.00. The molecule has 0 aliphatic carbocycles. The number of nitrogens with zero attached hydrogens (tertiary/aromatic N) is 3. The second-order valence-corrected chi connectivity index (χ2v) is 3.92. The fraction of sp³-hybridized carbons (Fsp3) is 0.800. The maximum Gasteiger partial charge on any atom is 0.223 e. The van der Waals surface area contributed by atoms with Crippen molar-refractivity contribution in [1.82, 2.24) is 9.80 Å². The smallest absolute Gasteiger partial charge is 0.223 e. The fourth-order valence-electron chi connectivity index (χ4n) is 1.49. The van der Waals surface area contributed by atoms with E-state index in [1.165, 1.54) is 0 Å². The summed E-state index contributed by atoms with van der Waals surface area (Å²) in [5.41, 5.74) is 0. The van der Waals surface area contributed by atoms with Gasteiger partial charge in [-0.2, -0.15) is 5.26 Å². The Morgan fingerprint density at radius 1 is 1.43 bits per heavy atom. The molecule has 4 nitrogen and oxygen atoms in total. The van der Waals surface area contributed by atoms with Gasteiger partial charge in [-0.15, -0.1) is 0 Å². The number of amides is 1. The molecule has 1 aliphatic heterocycles. The van der Waals surface area contributed by atoms with Crippen molar-refractivity contribution in [2.45, 2.75) is 13.3 Å². The van der Waals surface area contributed by atoms with E-state index in [-0.39, 0.29) is 11.8 Å². The first-order valence-corrected chi connectivity index (χ1v) is 4.99. The lowest BCUT2D eigenvalue weighted by Crippen LogP contribution is -2.47. The van der Waals surface area contributed by atoms with Crippen LogP contribution in [0.1, 0.15) is 13.3 Å². The zero-order valence-corrected chi connectivity index (χ0v) is 8.86. The van der Waals surface area contributed by atoms with Gasteiger partial charge in [0.15, 0.2) is 0 Å². The lowest BCUT2D eigenvalue weighted by Gasteiger charge is -2.32. The summed E-state index contributed by atoms with van der Waals surface area (Å²) < 4.78 is 0. The fourth-order valence-corrected chi connectivity index (χ4v) is 1.49. The number of nitriles is 1. The highest BCUT2D eigenvalue weighted by Crippen LogP contribution is 2.06. The van der Waals surface area contributed by atoms with Crippen LogP contribution in [0, 0.1) is 17.2 Å². The molecule has 4 heteroatoms. The second-order valence-electron chi connectivity index (χ2n) is 3.92. The van der Waals surface area contributed by atoms with Gasteiger partial charge in [0.1, 0.15) is 0 Å². The molecular weight excluding hydrogens is 178 g/mol. The Morgan fingerprint density at radius 2 is 2.00 bits per heavy atom. The molecule has 78 valence electrons. The lowest BCUT2D eigenvalue weighted by molar-refractivity contribution is -0.133. The summed E-state index contributed by atoms with van der Waals surface area (Å²) in [5, 5.41) is 8.60. The van der Waals surface area contributed by atoms with Gasteiger partial charge >= 0.3 is 0 Å². The lowest BCUT2D eigenvalue weighted by atomic mass is 10.1. The van der Waals surface area contributed by atoms with Crippen LogP contribution in [0.15, 0.2) is 0 Å². The van der Waals surface area contributed by atoms with Crippen molar-refractivity contribution in [2.24, 2.45) is 5.92 Å². The largest absolute Gasteiger partial charge is 0.340 e. The maximum atomic E-state index is 11.6. The van der Waals surface area contributed by atoms with Gasteiger partial charge in [0.2, 0.25) is 5.91 Å². The standard InChI is InChI=1S/C10H17N3O/c1-9(8-11)7-10(14)13-5-3-12(2)4-6-13/h9H,3-7H2,1-2H3. The minimum atomic E-state index is -0.165. The molecule has 1 aliphatic rings. The minimum absolute atomic E-state index is 0.118. The van der Waals surface area contributed by atoms with Crippen LogP contribution >= 0.6 is 0 Å². The van der Waals surface area contributed by atoms with Gasteiger partial charge in [-0.25, -0.2) is 0 Å². The highest BCUT2D eigenvalue weighted by Gasteiger charge is 2.20. The predicted molar refractivity (Wildman–Crippen MR) is 53.5 cm³/mol. The van der Waals surface area contributed by atoms with Crippen LogP contribution in [0.3, 0.4) is 0 Å². The summed E-state index contributed by atoms with van der Waals surface area (Å²) in [6.45, 7) is 5.26. The molecule has 0 bridgehead atoms. The molecule has 1 atom stereocenters. The average molecular weight is 195 g/mol. The number of piperazine rings is 1. The molecule has 0 N–H and O–H groups in total. The molecule has 0 saturated carbocycles. The Morgan fingerprint density at radius 3 is 2.50 bits per heavy atom. The topological polar surface area (TPSA) is 47.3 Å². The number of carbonyl (C=O) groups is 1. The van der Waals surface area contributed by atoms with Gasteiger partial charge in [-0.1, -0.05) is 0 Å². The van der Waals surface area contributed by atoms with Gasteiger partial charge in [0.25, 0.3) is 0 Å². The second kappa shape index (κ2) is 4.97. The predicted octanol–water partition coefficient (Wildman–Crippen LogP) is 0.310. The number of likely N-dealkylation sites (N-methyl/N-ethyl adjacent to an activating group) is 1. The summed E-state index contributed by atoms with van der Waals surface area (Å²) in [6.07, 6.45) is 0.361. The number of hydrogen-bond donors (Lipinski definition) is 0. The third-order valence-electron chi connectivity index (χ3n) is 2.56. The van der Waals surface area contributed by atoms with Crippen molar-refractivity contribution in [2.75, 3.05) is 33.2 Å². The SMILES string of the molecule is CC(C#N)CC(=O)N1CCN(C)CC1. The molecule has 0 radical (unpaired) electrons. The summed E-state index contributed by atoms with van der Waals surface area (Å²) in [4.78, 5) is 15.7. The number of rotatable bonds is 2. The average Bonchev–Trinajstić information content (AvgIpc) is 2.18. The molecule has 0 aromatic rings. The monoisotopic (exact) mass is 195 g/mol. The van der Waals surface area contributed by atoms with Crippen LogP contribution in [0.2, 0.25) is 0 Å². The first kappa shape index (κ1) is 11.0. The number of hydrogen-bond acceptors (Lipinski definition) is 3. The summed E-state index contributed by atoms with van der Waals surface area (Å²) in [6, 6.07) is 2.09. The van der Waals surface area contributed by atoms with Gasteiger partial charge in [0, 0.05) is 32.6 Å². The Kier molecular flexibility index (Phi) is 3.90.